The minimum atomic E-state index is -0.451. The molecule has 0 bridgehead atoms. The second kappa shape index (κ2) is 13.4. The maximum absolute atomic E-state index is 2.40. The molecule has 0 unspecified atom stereocenters. The highest BCUT2D eigenvalue weighted by Crippen LogP contribution is 2.56. The van der Waals surface area contributed by atoms with Crippen molar-refractivity contribution in [2.75, 3.05) is 4.90 Å². The lowest BCUT2D eigenvalue weighted by atomic mass is 9.68. The van der Waals surface area contributed by atoms with Gasteiger partial charge < -0.3 is 9.47 Å². The summed E-state index contributed by atoms with van der Waals surface area (Å²) in [7, 11) is 0. The van der Waals surface area contributed by atoms with Crippen LogP contribution in [-0.4, -0.2) is 4.57 Å². The molecule has 0 N–H and O–H groups in total. The second-order valence-electron chi connectivity index (χ2n) is 14.9. The summed E-state index contributed by atoms with van der Waals surface area (Å²) in [6.45, 7) is 0. The maximum Gasteiger partial charge on any atom is 0.0713 e. The van der Waals surface area contributed by atoms with E-state index in [0.717, 1.165) is 22.7 Å². The van der Waals surface area contributed by atoms with Crippen molar-refractivity contribution in [2.45, 2.75) is 5.41 Å². The topological polar surface area (TPSA) is 8.17 Å². The number of hydrogen-bond acceptors (Lipinski definition) is 1. The third-order valence-corrected chi connectivity index (χ3v) is 11.9. The average molecular weight is 727 g/mol. The number of nitrogens with zero attached hydrogens (tertiary/aromatic N) is 2. The van der Waals surface area contributed by atoms with Crippen molar-refractivity contribution in [3.8, 4) is 27.9 Å². The van der Waals surface area contributed by atoms with Gasteiger partial charge in [0.2, 0.25) is 0 Å². The van der Waals surface area contributed by atoms with Crippen LogP contribution in [0.25, 0.3) is 49.7 Å². The zero-order valence-corrected chi connectivity index (χ0v) is 31.3. The predicted octanol–water partition coefficient (Wildman–Crippen LogP) is 14.3. The first-order chi connectivity index (χ1) is 28.3. The largest absolute Gasteiger partial charge is 0.310 e. The molecule has 10 aromatic rings. The van der Waals surface area contributed by atoms with Gasteiger partial charge in [-0.25, -0.2) is 0 Å². The molecule has 1 heterocycles. The Balaban J connectivity index is 1.10. The van der Waals surface area contributed by atoms with Crippen LogP contribution in [0.4, 0.5) is 17.1 Å². The van der Waals surface area contributed by atoms with Crippen LogP contribution in [0.5, 0.6) is 0 Å². The zero-order valence-electron chi connectivity index (χ0n) is 31.3. The van der Waals surface area contributed by atoms with E-state index in [1.165, 1.54) is 66.3 Å². The summed E-state index contributed by atoms with van der Waals surface area (Å²) in [6, 6.07) is 84.2. The van der Waals surface area contributed by atoms with Crippen LogP contribution in [-0.2, 0) is 5.41 Å². The molecule has 57 heavy (non-hydrogen) atoms. The van der Waals surface area contributed by atoms with Gasteiger partial charge in [0.1, 0.15) is 0 Å². The molecule has 2 nitrogen and oxygen atoms in total. The smallest absolute Gasteiger partial charge is 0.0713 e. The summed E-state index contributed by atoms with van der Waals surface area (Å²) in [6.07, 6.45) is 0. The molecule has 1 aliphatic rings. The van der Waals surface area contributed by atoms with Crippen molar-refractivity contribution in [1.29, 1.82) is 0 Å². The van der Waals surface area contributed by atoms with E-state index in [0.29, 0.717) is 0 Å². The lowest BCUT2D eigenvalue weighted by Gasteiger charge is -2.34. The molecule has 0 saturated carbocycles. The lowest BCUT2D eigenvalue weighted by molar-refractivity contribution is 0.768. The summed E-state index contributed by atoms with van der Waals surface area (Å²) < 4.78 is 2.38. The van der Waals surface area contributed by atoms with Gasteiger partial charge in [-0.2, -0.15) is 0 Å². The molecule has 11 rings (SSSR count). The quantitative estimate of drug-likeness (QED) is 0.159. The summed E-state index contributed by atoms with van der Waals surface area (Å²) in [5.74, 6) is 0. The van der Waals surface area contributed by atoms with E-state index >= 15 is 0 Å². The molecule has 268 valence electrons. The molecule has 0 aliphatic heterocycles. The van der Waals surface area contributed by atoms with Crippen molar-refractivity contribution in [1.82, 2.24) is 4.57 Å². The molecule has 0 radical (unpaired) electrons. The van der Waals surface area contributed by atoms with Crippen LogP contribution in [0.1, 0.15) is 22.3 Å². The van der Waals surface area contributed by atoms with Crippen LogP contribution in [0.3, 0.4) is 0 Å². The van der Waals surface area contributed by atoms with E-state index in [9.17, 15) is 0 Å². The Morgan fingerprint density at radius 3 is 1.47 bits per heavy atom. The maximum atomic E-state index is 2.40. The van der Waals surface area contributed by atoms with E-state index < -0.39 is 5.41 Å². The Morgan fingerprint density at radius 1 is 0.333 bits per heavy atom. The minimum Gasteiger partial charge on any atom is -0.310 e. The fourth-order valence-corrected chi connectivity index (χ4v) is 9.41. The normalized spacial score (nSPS) is 12.7. The van der Waals surface area contributed by atoms with Crippen molar-refractivity contribution in [3.05, 3.63) is 253 Å². The number of rotatable bonds is 7. The van der Waals surface area contributed by atoms with E-state index in [-0.39, 0.29) is 0 Å². The Morgan fingerprint density at radius 2 is 0.807 bits per heavy atom. The Kier molecular flexibility index (Phi) is 7.75. The van der Waals surface area contributed by atoms with Gasteiger partial charge in [0.25, 0.3) is 0 Å². The lowest BCUT2D eigenvalue weighted by Crippen LogP contribution is -2.28. The standard InChI is InChI=1S/C55H38N2/c1-4-16-39(17-5-1)40-28-32-44(33-29-40)56(46-36-37-54-50(38-46)49-24-12-15-27-53(49)57(54)43-20-8-3-9-21-43)45-34-30-42(31-35-45)55(41-18-6-2-7-19-41)51-25-13-10-22-47(51)48-23-11-14-26-52(48)55/h1-38H. The zero-order chi connectivity index (χ0) is 37.8. The molecule has 0 spiro atoms. The fourth-order valence-electron chi connectivity index (χ4n) is 9.41. The fraction of sp³-hybridized carbons (Fsp3) is 0.0182. The minimum absolute atomic E-state index is 0.451. The number of fused-ring (bicyclic) bond motifs is 6. The molecule has 1 aromatic heterocycles. The monoisotopic (exact) mass is 726 g/mol. The summed E-state index contributed by atoms with van der Waals surface area (Å²) in [5, 5.41) is 2.45. The van der Waals surface area contributed by atoms with Gasteiger partial charge in [0, 0.05) is 33.5 Å². The average Bonchev–Trinajstić information content (AvgIpc) is 3.79. The Bertz CT molecular complexity index is 2990. The summed E-state index contributed by atoms with van der Waals surface area (Å²) in [4.78, 5) is 2.40. The van der Waals surface area contributed by atoms with Crippen molar-refractivity contribution in [2.24, 2.45) is 0 Å². The highest BCUT2D eigenvalue weighted by atomic mass is 15.1. The van der Waals surface area contributed by atoms with E-state index in [4.69, 9.17) is 0 Å². The number of benzene rings is 9. The number of aromatic nitrogens is 1. The van der Waals surface area contributed by atoms with Gasteiger partial charge >= 0.3 is 0 Å². The molecule has 0 atom stereocenters. The molecule has 0 saturated heterocycles. The number of para-hydroxylation sites is 2. The van der Waals surface area contributed by atoms with E-state index in [1.807, 2.05) is 0 Å². The van der Waals surface area contributed by atoms with Crippen molar-refractivity contribution >= 4 is 38.9 Å². The van der Waals surface area contributed by atoms with Crippen LogP contribution in [0.2, 0.25) is 0 Å². The van der Waals surface area contributed by atoms with E-state index in [2.05, 4.69) is 240 Å². The van der Waals surface area contributed by atoms with Crippen LogP contribution >= 0.6 is 0 Å². The molecular weight excluding hydrogens is 689 g/mol. The third-order valence-electron chi connectivity index (χ3n) is 11.9. The van der Waals surface area contributed by atoms with Gasteiger partial charge in [-0.15, -0.1) is 0 Å². The van der Waals surface area contributed by atoms with Crippen LogP contribution < -0.4 is 4.90 Å². The Hall–Kier alpha value is -7.42. The second-order valence-corrected chi connectivity index (χ2v) is 14.9. The SMILES string of the molecule is c1ccc(-c2ccc(N(c3ccc(C4(c5ccccc5)c5ccccc5-c5ccccc54)cc3)c3ccc4c(c3)c3ccccc3n4-c3ccccc3)cc2)cc1. The number of hydrogen-bond donors (Lipinski definition) is 0. The molecule has 1 aliphatic carbocycles. The first-order valence-electron chi connectivity index (χ1n) is 19.7. The Labute approximate surface area is 333 Å². The molecular formula is C55H38N2. The van der Waals surface area contributed by atoms with Crippen molar-refractivity contribution in [3.63, 3.8) is 0 Å². The molecule has 0 fully saturated rings. The van der Waals surface area contributed by atoms with Gasteiger partial charge in [0.15, 0.2) is 0 Å². The highest BCUT2D eigenvalue weighted by Gasteiger charge is 2.45. The first kappa shape index (κ1) is 33.0. The van der Waals surface area contributed by atoms with Gasteiger partial charge in [-0.1, -0.05) is 170 Å². The van der Waals surface area contributed by atoms with E-state index in [1.54, 1.807) is 0 Å². The molecule has 2 heteroatoms. The molecule has 0 amide bonds. The highest BCUT2D eigenvalue weighted by molar-refractivity contribution is 6.10. The van der Waals surface area contributed by atoms with Gasteiger partial charge in [0.05, 0.1) is 16.4 Å². The summed E-state index contributed by atoms with van der Waals surface area (Å²) >= 11 is 0. The van der Waals surface area contributed by atoms with Gasteiger partial charge in [-0.3, -0.25) is 0 Å². The molecule has 9 aromatic carbocycles. The van der Waals surface area contributed by atoms with Gasteiger partial charge in [-0.05, 0) is 105 Å². The third kappa shape index (κ3) is 5.18. The van der Waals surface area contributed by atoms with Crippen molar-refractivity contribution < 1.29 is 0 Å². The first-order valence-corrected chi connectivity index (χ1v) is 19.7. The van der Waals surface area contributed by atoms with Crippen LogP contribution in [0.15, 0.2) is 231 Å². The summed E-state index contributed by atoms with van der Waals surface area (Å²) in [5.41, 5.74) is 16.5. The predicted molar refractivity (Wildman–Crippen MR) is 238 cm³/mol. The van der Waals surface area contributed by atoms with Crippen LogP contribution in [0, 0.1) is 0 Å². The number of anilines is 3.